The molecule has 0 saturated heterocycles. The van der Waals surface area contributed by atoms with Crippen LogP contribution in [0.15, 0.2) is 24.3 Å². The van der Waals surface area contributed by atoms with E-state index in [0.29, 0.717) is 18.8 Å². The Bertz CT molecular complexity index is 589. The second-order valence-corrected chi connectivity index (χ2v) is 6.39. The lowest BCUT2D eigenvalue weighted by Gasteiger charge is -2.06. The first-order chi connectivity index (χ1) is 8.97. The van der Waals surface area contributed by atoms with Crippen LogP contribution in [0.1, 0.15) is 0 Å². The Morgan fingerprint density at radius 3 is 1.90 bits per heavy atom. The quantitative estimate of drug-likeness (QED) is 0.277. The SMILES string of the molecule is CS(=O)(=O)NCCNc1ccc(N)cc1.O=S(=O)(O)O. The lowest BCUT2D eigenvalue weighted by atomic mass is 10.3. The molecule has 1 aromatic rings. The third-order valence-electron chi connectivity index (χ3n) is 1.73. The van der Waals surface area contributed by atoms with Crippen LogP contribution in [0.5, 0.6) is 0 Å². The molecule has 0 saturated carbocycles. The third kappa shape index (κ3) is 14.7. The average molecular weight is 327 g/mol. The van der Waals surface area contributed by atoms with E-state index in [1.807, 2.05) is 12.1 Å². The molecule has 0 amide bonds. The minimum Gasteiger partial charge on any atom is -0.399 e. The summed E-state index contributed by atoms with van der Waals surface area (Å²) in [6, 6.07) is 7.25. The molecular weight excluding hydrogens is 310 g/mol. The van der Waals surface area contributed by atoms with Gasteiger partial charge in [-0.05, 0) is 24.3 Å². The van der Waals surface area contributed by atoms with Gasteiger partial charge in [0.05, 0.1) is 6.26 Å². The van der Waals surface area contributed by atoms with Crippen molar-refractivity contribution in [1.82, 2.24) is 4.72 Å². The molecule has 0 aliphatic carbocycles. The van der Waals surface area contributed by atoms with Gasteiger partial charge in [0.25, 0.3) is 0 Å². The van der Waals surface area contributed by atoms with Gasteiger partial charge in [0.15, 0.2) is 0 Å². The molecule has 9 nitrogen and oxygen atoms in total. The monoisotopic (exact) mass is 327 g/mol. The highest BCUT2D eigenvalue weighted by Gasteiger charge is 1.98. The molecule has 20 heavy (non-hydrogen) atoms. The summed E-state index contributed by atoms with van der Waals surface area (Å²) in [5, 5.41) is 3.06. The maximum absolute atomic E-state index is 10.7. The van der Waals surface area contributed by atoms with Crippen LogP contribution >= 0.6 is 0 Å². The highest BCUT2D eigenvalue weighted by Crippen LogP contribution is 2.09. The zero-order valence-corrected chi connectivity index (χ0v) is 12.3. The molecule has 0 spiro atoms. The Morgan fingerprint density at radius 1 is 1.05 bits per heavy atom. The van der Waals surface area contributed by atoms with Gasteiger partial charge in [0, 0.05) is 24.5 Å². The molecule has 116 valence electrons. The van der Waals surface area contributed by atoms with E-state index in [9.17, 15) is 8.42 Å². The van der Waals surface area contributed by atoms with E-state index in [-0.39, 0.29) is 0 Å². The van der Waals surface area contributed by atoms with Crippen LogP contribution < -0.4 is 15.8 Å². The molecule has 0 aromatic heterocycles. The second kappa shape index (κ2) is 8.01. The lowest BCUT2D eigenvalue weighted by Crippen LogP contribution is -2.27. The van der Waals surface area contributed by atoms with Crippen LogP contribution in [0, 0.1) is 0 Å². The maximum Gasteiger partial charge on any atom is 0.394 e. The van der Waals surface area contributed by atoms with Crippen molar-refractivity contribution in [1.29, 1.82) is 0 Å². The van der Waals surface area contributed by atoms with Gasteiger partial charge in [-0.25, -0.2) is 13.1 Å². The minimum absolute atomic E-state index is 0.364. The van der Waals surface area contributed by atoms with Crippen molar-refractivity contribution in [3.63, 3.8) is 0 Å². The van der Waals surface area contributed by atoms with Crippen LogP contribution in [0.25, 0.3) is 0 Å². The predicted octanol–water partition coefficient (Wildman–Crippen LogP) is -0.423. The second-order valence-electron chi connectivity index (χ2n) is 3.66. The topological polar surface area (TPSA) is 159 Å². The zero-order chi connectivity index (χ0) is 15.8. The number of hydrogen-bond acceptors (Lipinski definition) is 6. The van der Waals surface area contributed by atoms with E-state index in [0.717, 1.165) is 11.9 Å². The van der Waals surface area contributed by atoms with Gasteiger partial charge in [-0.15, -0.1) is 0 Å². The Kier molecular flexibility index (Phi) is 7.45. The van der Waals surface area contributed by atoms with Gasteiger partial charge in [0.2, 0.25) is 10.0 Å². The Hall–Kier alpha value is -1.40. The van der Waals surface area contributed by atoms with E-state index < -0.39 is 20.4 Å². The highest BCUT2D eigenvalue weighted by atomic mass is 32.3. The molecule has 1 aromatic carbocycles. The number of benzene rings is 1. The van der Waals surface area contributed by atoms with Crippen LogP contribution in [0.4, 0.5) is 11.4 Å². The first kappa shape index (κ1) is 18.6. The van der Waals surface area contributed by atoms with Crippen molar-refractivity contribution >= 4 is 31.8 Å². The van der Waals surface area contributed by atoms with Crippen molar-refractivity contribution < 1.29 is 25.9 Å². The molecule has 0 heterocycles. The molecule has 11 heteroatoms. The number of sulfonamides is 1. The van der Waals surface area contributed by atoms with Gasteiger partial charge < -0.3 is 11.1 Å². The smallest absolute Gasteiger partial charge is 0.394 e. The number of rotatable bonds is 5. The maximum atomic E-state index is 10.7. The Morgan fingerprint density at radius 2 is 1.50 bits per heavy atom. The number of hydrogen-bond donors (Lipinski definition) is 5. The summed E-state index contributed by atoms with van der Waals surface area (Å²) in [4.78, 5) is 0. The molecule has 0 aliphatic rings. The van der Waals surface area contributed by atoms with Crippen molar-refractivity contribution in [2.24, 2.45) is 0 Å². The van der Waals surface area contributed by atoms with Gasteiger partial charge in [0.1, 0.15) is 0 Å². The lowest BCUT2D eigenvalue weighted by molar-refractivity contribution is 0.381. The van der Waals surface area contributed by atoms with Crippen LogP contribution in [0.2, 0.25) is 0 Å². The molecule has 0 radical (unpaired) electrons. The van der Waals surface area contributed by atoms with E-state index in [1.165, 1.54) is 0 Å². The molecule has 6 N–H and O–H groups in total. The van der Waals surface area contributed by atoms with Crippen molar-refractivity contribution in [3.05, 3.63) is 24.3 Å². The van der Waals surface area contributed by atoms with Crippen molar-refractivity contribution in [2.75, 3.05) is 30.4 Å². The van der Waals surface area contributed by atoms with E-state index in [2.05, 4.69) is 10.0 Å². The highest BCUT2D eigenvalue weighted by molar-refractivity contribution is 7.88. The summed E-state index contributed by atoms with van der Waals surface area (Å²) in [5.41, 5.74) is 7.14. The zero-order valence-electron chi connectivity index (χ0n) is 10.6. The Labute approximate surface area is 117 Å². The largest absolute Gasteiger partial charge is 0.399 e. The summed E-state index contributed by atoms with van der Waals surface area (Å²) < 4.78 is 55.4. The fourth-order valence-electron chi connectivity index (χ4n) is 1.04. The molecule has 0 aliphatic heterocycles. The number of nitrogen functional groups attached to an aromatic ring is 1. The Balaban J connectivity index is 0.000000621. The summed E-state index contributed by atoms with van der Waals surface area (Å²) in [7, 11) is -7.76. The van der Waals surface area contributed by atoms with Crippen LogP contribution in [-0.4, -0.2) is 45.3 Å². The number of nitrogens with two attached hydrogens (primary N) is 1. The summed E-state index contributed by atoms with van der Waals surface area (Å²) in [6.07, 6.45) is 1.14. The summed E-state index contributed by atoms with van der Waals surface area (Å²) >= 11 is 0. The first-order valence-electron chi connectivity index (χ1n) is 5.21. The molecule has 1 rings (SSSR count). The average Bonchev–Trinajstić information content (AvgIpc) is 2.23. The minimum atomic E-state index is -4.67. The molecule has 0 bridgehead atoms. The van der Waals surface area contributed by atoms with Gasteiger partial charge in [-0.2, -0.15) is 8.42 Å². The molecule has 0 unspecified atom stereocenters. The van der Waals surface area contributed by atoms with Crippen molar-refractivity contribution in [2.45, 2.75) is 0 Å². The third-order valence-corrected chi connectivity index (χ3v) is 2.46. The molecule has 0 fully saturated rings. The summed E-state index contributed by atoms with van der Waals surface area (Å²) in [6.45, 7) is 0.903. The van der Waals surface area contributed by atoms with Gasteiger partial charge >= 0.3 is 10.4 Å². The molecular formula is C9H17N3O6S2. The number of nitrogens with one attached hydrogen (secondary N) is 2. The van der Waals surface area contributed by atoms with Crippen LogP contribution in [-0.2, 0) is 20.4 Å². The molecule has 0 atom stereocenters. The van der Waals surface area contributed by atoms with E-state index in [4.69, 9.17) is 23.3 Å². The van der Waals surface area contributed by atoms with Crippen LogP contribution in [0.3, 0.4) is 0 Å². The van der Waals surface area contributed by atoms with Gasteiger partial charge in [-0.3, -0.25) is 9.11 Å². The van der Waals surface area contributed by atoms with E-state index in [1.54, 1.807) is 12.1 Å². The fourth-order valence-corrected chi connectivity index (χ4v) is 1.52. The van der Waals surface area contributed by atoms with E-state index >= 15 is 0 Å². The summed E-state index contributed by atoms with van der Waals surface area (Å²) in [5.74, 6) is 0. The van der Waals surface area contributed by atoms with Gasteiger partial charge in [-0.1, -0.05) is 0 Å². The standard InChI is InChI=1S/C9H15N3O2S.H2O4S/c1-15(13,14)12-7-6-11-9-4-2-8(10)3-5-9;1-5(2,3)4/h2-5,11-12H,6-7,10H2,1H3;(H2,1,2,3,4). The number of anilines is 2. The predicted molar refractivity (Wildman–Crippen MR) is 76.4 cm³/mol. The normalized spacial score (nSPS) is 11.3. The fraction of sp³-hybridized carbons (Fsp3) is 0.333. The van der Waals surface area contributed by atoms with Crippen molar-refractivity contribution in [3.8, 4) is 0 Å². The first-order valence-corrected chi connectivity index (χ1v) is 8.50.